The van der Waals surface area contributed by atoms with Crippen LogP contribution in [0.25, 0.3) is 10.2 Å². The molecule has 3 heterocycles. The number of aromatic nitrogens is 2. The van der Waals surface area contributed by atoms with Crippen molar-refractivity contribution >= 4 is 38.8 Å². The Balaban J connectivity index is 2.18. The number of carbonyl (C=O) groups is 1. The number of hydrogen-bond acceptors (Lipinski definition) is 4. The molecule has 4 nitrogen and oxygen atoms in total. The molecule has 0 spiro atoms. The van der Waals surface area contributed by atoms with E-state index in [4.69, 9.17) is 0 Å². The summed E-state index contributed by atoms with van der Waals surface area (Å²) in [4.78, 5) is 22.9. The van der Waals surface area contributed by atoms with Crippen LogP contribution in [0.4, 0.5) is 11.4 Å². The fraction of sp³-hybridized carbons (Fsp3) is 0.0714. The van der Waals surface area contributed by atoms with Crippen LogP contribution in [-0.4, -0.2) is 15.9 Å². The molecular formula is C14H11N3OS. The van der Waals surface area contributed by atoms with Crippen LogP contribution in [0.15, 0.2) is 48.2 Å². The molecule has 5 heteroatoms. The number of amides is 1. The van der Waals surface area contributed by atoms with Crippen molar-refractivity contribution in [2.75, 3.05) is 4.90 Å². The van der Waals surface area contributed by atoms with Crippen LogP contribution >= 0.6 is 11.3 Å². The first kappa shape index (κ1) is 11.8. The third kappa shape index (κ3) is 2.08. The van der Waals surface area contributed by atoms with E-state index in [0.717, 1.165) is 21.6 Å². The topological polar surface area (TPSA) is 46.1 Å². The molecule has 0 atom stereocenters. The highest BCUT2D eigenvalue weighted by atomic mass is 32.1. The Bertz CT molecular complexity index is 724. The van der Waals surface area contributed by atoms with Crippen LogP contribution in [0.1, 0.15) is 6.92 Å². The van der Waals surface area contributed by atoms with Crippen LogP contribution in [0.2, 0.25) is 0 Å². The lowest BCUT2D eigenvalue weighted by Gasteiger charge is -2.20. The summed E-state index contributed by atoms with van der Waals surface area (Å²) in [6.45, 7) is 1.56. The zero-order valence-electron chi connectivity index (χ0n) is 10.3. The normalized spacial score (nSPS) is 10.6. The average Bonchev–Trinajstić information content (AvgIpc) is 2.84. The molecule has 0 N–H and O–H groups in total. The van der Waals surface area contributed by atoms with Gasteiger partial charge in [0.05, 0.1) is 11.4 Å². The lowest BCUT2D eigenvalue weighted by molar-refractivity contribution is -0.115. The van der Waals surface area contributed by atoms with E-state index in [9.17, 15) is 4.79 Å². The predicted molar refractivity (Wildman–Crippen MR) is 76.7 cm³/mol. The summed E-state index contributed by atoms with van der Waals surface area (Å²) < 4.78 is 0. The number of anilines is 2. The second-order valence-electron chi connectivity index (χ2n) is 4.04. The Labute approximate surface area is 114 Å². The maximum absolute atomic E-state index is 12.0. The fourth-order valence-electron chi connectivity index (χ4n) is 2.01. The molecule has 0 radical (unpaired) electrons. The van der Waals surface area contributed by atoms with Crippen molar-refractivity contribution in [1.29, 1.82) is 0 Å². The Hall–Kier alpha value is -2.27. The molecule has 1 amide bonds. The second kappa shape index (κ2) is 4.78. The van der Waals surface area contributed by atoms with Crippen LogP contribution < -0.4 is 4.90 Å². The first-order chi connectivity index (χ1) is 9.27. The maximum Gasteiger partial charge on any atom is 0.228 e. The highest BCUT2D eigenvalue weighted by molar-refractivity contribution is 7.17. The van der Waals surface area contributed by atoms with Crippen molar-refractivity contribution in [3.63, 3.8) is 0 Å². The van der Waals surface area contributed by atoms with Crippen LogP contribution in [0.5, 0.6) is 0 Å². The van der Waals surface area contributed by atoms with Gasteiger partial charge in [-0.2, -0.15) is 0 Å². The molecule has 0 saturated carbocycles. The molecular weight excluding hydrogens is 258 g/mol. The molecule has 3 rings (SSSR count). The average molecular weight is 269 g/mol. The molecule has 0 aliphatic rings. The monoisotopic (exact) mass is 269 g/mol. The third-order valence-corrected chi connectivity index (χ3v) is 3.70. The minimum absolute atomic E-state index is 0.0326. The first-order valence-electron chi connectivity index (χ1n) is 5.80. The van der Waals surface area contributed by atoms with Crippen molar-refractivity contribution in [1.82, 2.24) is 9.97 Å². The molecule has 19 heavy (non-hydrogen) atoms. The third-order valence-electron chi connectivity index (χ3n) is 2.81. The summed E-state index contributed by atoms with van der Waals surface area (Å²) >= 11 is 1.53. The zero-order chi connectivity index (χ0) is 13.2. The quantitative estimate of drug-likeness (QED) is 0.716. The van der Waals surface area contributed by atoms with Gasteiger partial charge in [0.25, 0.3) is 0 Å². The van der Waals surface area contributed by atoms with E-state index < -0.39 is 0 Å². The van der Waals surface area contributed by atoms with Crippen molar-refractivity contribution < 1.29 is 4.79 Å². The van der Waals surface area contributed by atoms with E-state index in [1.807, 2.05) is 29.6 Å². The van der Waals surface area contributed by atoms with Crippen molar-refractivity contribution in [2.24, 2.45) is 0 Å². The van der Waals surface area contributed by atoms with Gasteiger partial charge in [-0.15, -0.1) is 11.3 Å². The van der Waals surface area contributed by atoms with Gasteiger partial charge in [-0.1, -0.05) is 0 Å². The van der Waals surface area contributed by atoms with Gasteiger partial charge < -0.3 is 0 Å². The highest BCUT2D eigenvalue weighted by Crippen LogP contribution is 2.35. The molecule has 0 unspecified atom stereocenters. The van der Waals surface area contributed by atoms with Crippen molar-refractivity contribution in [3.8, 4) is 0 Å². The van der Waals surface area contributed by atoms with Crippen LogP contribution in [0, 0.1) is 0 Å². The van der Waals surface area contributed by atoms with Gasteiger partial charge in [0.15, 0.2) is 0 Å². The van der Waals surface area contributed by atoms with Crippen LogP contribution in [0.3, 0.4) is 0 Å². The maximum atomic E-state index is 12.0. The van der Waals surface area contributed by atoms with E-state index in [-0.39, 0.29) is 5.91 Å². The van der Waals surface area contributed by atoms with E-state index in [0.29, 0.717) is 0 Å². The zero-order valence-corrected chi connectivity index (χ0v) is 11.1. The summed E-state index contributed by atoms with van der Waals surface area (Å²) in [5.41, 5.74) is 1.68. The lowest BCUT2D eigenvalue weighted by atomic mass is 10.2. The smallest absolute Gasteiger partial charge is 0.228 e. The number of fused-ring (bicyclic) bond motifs is 1. The number of rotatable bonds is 2. The Morgan fingerprint density at radius 3 is 2.74 bits per heavy atom. The molecule has 94 valence electrons. The van der Waals surface area contributed by atoms with Crippen molar-refractivity contribution in [2.45, 2.75) is 6.92 Å². The summed E-state index contributed by atoms with van der Waals surface area (Å²) in [6, 6.07) is 7.50. The van der Waals surface area contributed by atoms with Gasteiger partial charge in [0.1, 0.15) is 4.83 Å². The fourth-order valence-corrected chi connectivity index (χ4v) is 2.89. The summed E-state index contributed by atoms with van der Waals surface area (Å²) in [7, 11) is 0. The molecule has 0 aliphatic carbocycles. The van der Waals surface area contributed by atoms with E-state index in [1.165, 1.54) is 11.3 Å². The summed E-state index contributed by atoms with van der Waals surface area (Å²) in [6.07, 6.45) is 5.11. The number of carbonyl (C=O) groups excluding carboxylic acids is 1. The summed E-state index contributed by atoms with van der Waals surface area (Å²) in [5.74, 6) is -0.0326. The Morgan fingerprint density at radius 2 is 2.00 bits per heavy atom. The lowest BCUT2D eigenvalue weighted by Crippen LogP contribution is -2.22. The minimum atomic E-state index is -0.0326. The molecule has 3 aromatic rings. The molecule has 0 fully saturated rings. The molecule has 3 aromatic heterocycles. The van der Waals surface area contributed by atoms with E-state index in [1.54, 1.807) is 30.4 Å². The number of pyridine rings is 2. The van der Waals surface area contributed by atoms with E-state index >= 15 is 0 Å². The van der Waals surface area contributed by atoms with Crippen molar-refractivity contribution in [3.05, 3.63) is 48.2 Å². The first-order valence-corrected chi connectivity index (χ1v) is 6.68. The molecule has 0 aliphatic heterocycles. The standard InChI is InChI=1S/C14H11N3OS/c1-10(18)17(11-4-7-15-8-5-11)13-9-19-14-12(13)3-2-6-16-14/h2-9H,1H3. The Kier molecular flexibility index (Phi) is 2.97. The largest absolute Gasteiger partial charge is 0.280 e. The van der Waals surface area contributed by atoms with E-state index in [2.05, 4.69) is 9.97 Å². The van der Waals surface area contributed by atoms with Gasteiger partial charge in [0.2, 0.25) is 5.91 Å². The van der Waals surface area contributed by atoms with Gasteiger partial charge in [-0.05, 0) is 24.3 Å². The number of thiophene rings is 1. The van der Waals surface area contributed by atoms with Gasteiger partial charge in [0, 0.05) is 36.3 Å². The SMILES string of the molecule is CC(=O)N(c1ccncc1)c1csc2ncccc12. The molecule has 0 aromatic carbocycles. The predicted octanol–water partition coefficient (Wildman–Crippen LogP) is 3.38. The van der Waals surface area contributed by atoms with Gasteiger partial charge in [-0.25, -0.2) is 4.98 Å². The van der Waals surface area contributed by atoms with Gasteiger partial charge >= 0.3 is 0 Å². The minimum Gasteiger partial charge on any atom is -0.280 e. The molecule has 0 bridgehead atoms. The molecule has 0 saturated heterocycles. The number of nitrogens with zero attached hydrogens (tertiary/aromatic N) is 3. The highest BCUT2D eigenvalue weighted by Gasteiger charge is 2.18. The second-order valence-corrected chi connectivity index (χ2v) is 4.90. The van der Waals surface area contributed by atoms with Gasteiger partial charge in [-0.3, -0.25) is 14.7 Å². The Morgan fingerprint density at radius 1 is 1.21 bits per heavy atom. The summed E-state index contributed by atoms with van der Waals surface area (Å²) in [5, 5.41) is 2.94. The number of hydrogen-bond donors (Lipinski definition) is 0. The van der Waals surface area contributed by atoms with Crippen LogP contribution in [-0.2, 0) is 4.79 Å².